The van der Waals surface area contributed by atoms with Crippen LogP contribution in [0.15, 0.2) is 24.3 Å². The average Bonchev–Trinajstić information content (AvgIpc) is 2.95. The maximum absolute atomic E-state index is 12.3. The zero-order valence-electron chi connectivity index (χ0n) is 14.0. The quantitative estimate of drug-likeness (QED) is 0.714. The fourth-order valence-electron chi connectivity index (χ4n) is 2.13. The highest BCUT2D eigenvalue weighted by Crippen LogP contribution is 2.32. The summed E-state index contributed by atoms with van der Waals surface area (Å²) >= 11 is 0.856. The summed E-state index contributed by atoms with van der Waals surface area (Å²) in [6, 6.07) is 6.90. The Kier molecular flexibility index (Phi) is 6.67. The van der Waals surface area contributed by atoms with Crippen LogP contribution in [0.2, 0.25) is 0 Å². The van der Waals surface area contributed by atoms with Gasteiger partial charge in [0, 0.05) is 5.56 Å². The Morgan fingerprint density at radius 3 is 2.67 bits per heavy atom. The molecule has 1 aromatic heterocycles. The number of ether oxygens (including phenoxy) is 3. The number of anilines is 1. The number of thiophene rings is 1. The highest BCUT2D eigenvalue weighted by molar-refractivity contribution is 7.18. The Bertz CT molecular complexity index is 892. The van der Waals surface area contributed by atoms with Crippen molar-refractivity contribution in [1.29, 1.82) is 5.26 Å². The van der Waals surface area contributed by atoms with Crippen LogP contribution in [0.3, 0.4) is 0 Å². The van der Waals surface area contributed by atoms with Crippen molar-refractivity contribution in [3.05, 3.63) is 45.8 Å². The molecule has 0 aliphatic rings. The van der Waals surface area contributed by atoms with Gasteiger partial charge in [-0.15, -0.1) is 11.3 Å². The van der Waals surface area contributed by atoms with Gasteiger partial charge in [-0.2, -0.15) is 14.0 Å². The Hall–Kier alpha value is -3.19. The van der Waals surface area contributed by atoms with Gasteiger partial charge >= 0.3 is 18.6 Å². The van der Waals surface area contributed by atoms with Crippen molar-refractivity contribution in [2.45, 2.75) is 20.1 Å². The van der Waals surface area contributed by atoms with E-state index in [0.717, 1.165) is 17.4 Å². The average molecular weight is 396 g/mol. The van der Waals surface area contributed by atoms with Gasteiger partial charge in [-0.05, 0) is 25.1 Å². The molecular weight excluding hydrogens is 382 g/mol. The van der Waals surface area contributed by atoms with Gasteiger partial charge in [0.1, 0.15) is 28.3 Å². The normalized spacial score (nSPS) is 10.3. The predicted octanol–water partition coefficient (Wildman–Crippen LogP) is 3.34. The number of nitrogen functional groups attached to an aromatic ring is 1. The van der Waals surface area contributed by atoms with Crippen LogP contribution >= 0.6 is 11.3 Å². The summed E-state index contributed by atoms with van der Waals surface area (Å²) in [6.45, 7) is -1.71. The smallest absolute Gasteiger partial charge is 0.387 e. The van der Waals surface area contributed by atoms with Gasteiger partial charge in [0.25, 0.3) is 0 Å². The lowest BCUT2D eigenvalue weighted by atomic mass is 10.1. The molecule has 0 atom stereocenters. The molecule has 27 heavy (non-hydrogen) atoms. The van der Waals surface area contributed by atoms with E-state index in [0.29, 0.717) is 0 Å². The van der Waals surface area contributed by atoms with Crippen LogP contribution < -0.4 is 10.5 Å². The summed E-state index contributed by atoms with van der Waals surface area (Å²) in [5.74, 6) is -1.74. The summed E-state index contributed by atoms with van der Waals surface area (Å²) in [6.07, 6.45) is 0. The Morgan fingerprint density at radius 1 is 1.30 bits per heavy atom. The van der Waals surface area contributed by atoms with Crippen LogP contribution in [0.4, 0.5) is 13.8 Å². The third-order valence-corrected chi connectivity index (χ3v) is 4.29. The number of hydrogen-bond donors (Lipinski definition) is 1. The van der Waals surface area contributed by atoms with Crippen molar-refractivity contribution in [3.8, 4) is 11.8 Å². The fraction of sp³-hybridized carbons (Fsp3) is 0.235. The molecule has 2 N–H and O–H groups in total. The molecule has 0 saturated heterocycles. The summed E-state index contributed by atoms with van der Waals surface area (Å²) in [7, 11) is 0. The maximum Gasteiger partial charge on any atom is 0.387 e. The molecule has 2 rings (SSSR count). The third kappa shape index (κ3) is 4.92. The minimum absolute atomic E-state index is 0.0191. The van der Waals surface area contributed by atoms with Crippen molar-refractivity contribution in [3.63, 3.8) is 0 Å². The molecule has 0 radical (unpaired) electrons. The number of nitriles is 1. The zero-order chi connectivity index (χ0) is 20.0. The van der Waals surface area contributed by atoms with Crippen molar-refractivity contribution >= 4 is 28.3 Å². The number of carbonyl (C=O) groups excluding carboxylic acids is 2. The fourth-order valence-corrected chi connectivity index (χ4v) is 3.04. The van der Waals surface area contributed by atoms with Crippen molar-refractivity contribution in [2.75, 3.05) is 12.3 Å². The van der Waals surface area contributed by atoms with E-state index in [1.54, 1.807) is 6.92 Å². The van der Waals surface area contributed by atoms with Crippen LogP contribution in [0.5, 0.6) is 5.75 Å². The first-order valence-electron chi connectivity index (χ1n) is 7.57. The number of nitrogens with two attached hydrogens (primary N) is 1. The molecule has 0 saturated carbocycles. The lowest BCUT2D eigenvalue weighted by Crippen LogP contribution is -2.10. The minimum atomic E-state index is -3.03. The Morgan fingerprint density at radius 2 is 2.04 bits per heavy atom. The van der Waals surface area contributed by atoms with Crippen molar-refractivity contribution in [2.24, 2.45) is 0 Å². The first kappa shape index (κ1) is 20.1. The standard InChI is InChI=1S/C17H14F2N2O5S/c1-2-24-16(23)13-12(11(7-20)14(21)27-13)8-25-15(22)9-4-3-5-10(6-9)26-17(18)19/h3-6,17H,2,8,21H2,1H3. The summed E-state index contributed by atoms with van der Waals surface area (Å²) < 4.78 is 38.8. The first-order chi connectivity index (χ1) is 12.9. The van der Waals surface area contributed by atoms with Crippen LogP contribution in [-0.2, 0) is 16.1 Å². The molecule has 0 aliphatic carbocycles. The number of nitrogens with zero attached hydrogens (tertiary/aromatic N) is 1. The SMILES string of the molecule is CCOC(=O)c1sc(N)c(C#N)c1COC(=O)c1cccc(OC(F)F)c1. The van der Waals surface area contributed by atoms with E-state index >= 15 is 0 Å². The van der Waals surface area contributed by atoms with E-state index in [9.17, 15) is 23.6 Å². The summed E-state index contributed by atoms with van der Waals surface area (Å²) in [4.78, 5) is 24.2. The number of esters is 2. The van der Waals surface area contributed by atoms with E-state index in [4.69, 9.17) is 15.2 Å². The molecule has 2 aromatic rings. The van der Waals surface area contributed by atoms with Crippen molar-refractivity contribution in [1.82, 2.24) is 0 Å². The highest BCUT2D eigenvalue weighted by Gasteiger charge is 2.24. The minimum Gasteiger partial charge on any atom is -0.462 e. The van der Waals surface area contributed by atoms with Gasteiger partial charge in [0.05, 0.1) is 17.7 Å². The monoisotopic (exact) mass is 396 g/mol. The summed E-state index contributed by atoms with van der Waals surface area (Å²) in [5, 5.41) is 9.32. The third-order valence-electron chi connectivity index (χ3n) is 3.25. The zero-order valence-corrected chi connectivity index (χ0v) is 14.8. The van der Waals surface area contributed by atoms with Crippen LogP contribution in [0, 0.1) is 11.3 Å². The van der Waals surface area contributed by atoms with Gasteiger partial charge in [0.15, 0.2) is 0 Å². The molecule has 142 valence electrons. The van der Waals surface area contributed by atoms with Gasteiger partial charge in [-0.25, -0.2) is 9.59 Å². The second kappa shape index (κ2) is 8.95. The van der Waals surface area contributed by atoms with E-state index in [1.807, 2.05) is 6.07 Å². The van der Waals surface area contributed by atoms with E-state index < -0.39 is 25.2 Å². The van der Waals surface area contributed by atoms with Crippen LogP contribution in [0.1, 0.15) is 38.1 Å². The lowest BCUT2D eigenvalue weighted by molar-refractivity contribution is -0.0499. The molecule has 7 nitrogen and oxygen atoms in total. The lowest BCUT2D eigenvalue weighted by Gasteiger charge is -2.08. The molecule has 0 spiro atoms. The van der Waals surface area contributed by atoms with Gasteiger partial charge in [-0.1, -0.05) is 6.07 Å². The molecule has 1 aromatic carbocycles. The number of carbonyl (C=O) groups is 2. The molecule has 1 heterocycles. The van der Waals surface area contributed by atoms with Gasteiger partial charge < -0.3 is 19.9 Å². The topological polar surface area (TPSA) is 112 Å². The largest absolute Gasteiger partial charge is 0.462 e. The molecule has 0 unspecified atom stereocenters. The van der Waals surface area contributed by atoms with Gasteiger partial charge in [0.2, 0.25) is 0 Å². The highest BCUT2D eigenvalue weighted by atomic mass is 32.1. The predicted molar refractivity (Wildman–Crippen MR) is 91.6 cm³/mol. The number of alkyl halides is 2. The molecule has 0 aliphatic heterocycles. The number of hydrogen-bond acceptors (Lipinski definition) is 8. The van der Waals surface area contributed by atoms with Gasteiger partial charge in [-0.3, -0.25) is 0 Å². The van der Waals surface area contributed by atoms with E-state index in [1.165, 1.54) is 18.2 Å². The second-order valence-electron chi connectivity index (χ2n) is 4.96. The van der Waals surface area contributed by atoms with E-state index in [-0.39, 0.29) is 38.9 Å². The number of rotatable bonds is 7. The Balaban J connectivity index is 2.20. The number of benzene rings is 1. The van der Waals surface area contributed by atoms with E-state index in [2.05, 4.69) is 4.74 Å². The second-order valence-corrected chi connectivity index (χ2v) is 6.02. The molecule has 0 fully saturated rings. The summed E-state index contributed by atoms with van der Waals surface area (Å²) in [5.41, 5.74) is 5.85. The molecular formula is C17H14F2N2O5S. The number of halogens is 2. The molecule has 0 bridgehead atoms. The van der Waals surface area contributed by atoms with Crippen molar-refractivity contribution < 1.29 is 32.6 Å². The molecule has 10 heteroatoms. The molecule has 0 amide bonds. The maximum atomic E-state index is 12.3. The first-order valence-corrected chi connectivity index (χ1v) is 8.39. The Labute approximate surface area is 156 Å². The van der Waals surface area contributed by atoms with Crippen LogP contribution in [0.25, 0.3) is 0 Å². The van der Waals surface area contributed by atoms with Crippen LogP contribution in [-0.4, -0.2) is 25.2 Å².